The third-order valence-corrected chi connectivity index (χ3v) is 2.60. The largest absolute Gasteiger partial charge is 0.444 e. The summed E-state index contributed by atoms with van der Waals surface area (Å²) in [6.07, 6.45) is 3.11. The van der Waals surface area contributed by atoms with Crippen LogP contribution in [-0.2, 0) is 6.54 Å². The maximum Gasteiger partial charge on any atom is 0.213 e. The van der Waals surface area contributed by atoms with Gasteiger partial charge in [0.25, 0.3) is 0 Å². The summed E-state index contributed by atoms with van der Waals surface area (Å²) in [4.78, 5) is 12.7. The molecule has 0 unspecified atom stereocenters. The molecule has 3 N–H and O–H groups in total. The van der Waals surface area contributed by atoms with Gasteiger partial charge in [0.1, 0.15) is 16.4 Å². The van der Waals surface area contributed by atoms with Crippen LogP contribution >= 0.6 is 12.2 Å². The maximum atomic E-state index is 5.56. The molecule has 2 aromatic heterocycles. The van der Waals surface area contributed by atoms with Crippen LogP contribution in [0.3, 0.4) is 0 Å². The van der Waals surface area contributed by atoms with Crippen molar-refractivity contribution < 1.29 is 4.42 Å². The van der Waals surface area contributed by atoms with Crippen molar-refractivity contribution in [1.29, 1.82) is 0 Å². The normalized spacial score (nSPS) is 10.3. The molecule has 18 heavy (non-hydrogen) atoms. The van der Waals surface area contributed by atoms with Gasteiger partial charge in [-0.3, -0.25) is 0 Å². The van der Waals surface area contributed by atoms with Gasteiger partial charge in [-0.05, 0) is 13.8 Å². The second-order valence-corrected chi connectivity index (χ2v) is 4.16. The van der Waals surface area contributed by atoms with Crippen molar-refractivity contribution in [2.24, 2.45) is 5.73 Å². The molecular formula is C11H13N5OS. The van der Waals surface area contributed by atoms with Crippen LogP contribution in [0.1, 0.15) is 23.0 Å². The highest BCUT2D eigenvalue weighted by molar-refractivity contribution is 7.80. The molecule has 0 fully saturated rings. The summed E-state index contributed by atoms with van der Waals surface area (Å²) in [5.41, 5.74) is 6.90. The number of thiocarbonyl (C=S) groups is 1. The Kier molecular flexibility index (Phi) is 3.52. The van der Waals surface area contributed by atoms with E-state index >= 15 is 0 Å². The molecule has 2 heterocycles. The Morgan fingerprint density at radius 2 is 2.11 bits per heavy atom. The van der Waals surface area contributed by atoms with Crippen LogP contribution in [0.5, 0.6) is 0 Å². The Hall–Kier alpha value is -2.02. The lowest BCUT2D eigenvalue weighted by atomic mass is 10.4. The highest BCUT2D eigenvalue weighted by Gasteiger charge is 2.09. The van der Waals surface area contributed by atoms with E-state index in [1.165, 1.54) is 0 Å². The molecule has 0 spiro atoms. The average molecular weight is 263 g/mol. The van der Waals surface area contributed by atoms with E-state index in [-0.39, 0.29) is 4.99 Å². The Morgan fingerprint density at radius 3 is 2.72 bits per heavy atom. The topological polar surface area (TPSA) is 89.9 Å². The number of hydrogen-bond acceptors (Lipinski definition) is 6. The number of nitrogens with zero attached hydrogens (tertiary/aromatic N) is 3. The highest BCUT2D eigenvalue weighted by Crippen LogP contribution is 2.12. The van der Waals surface area contributed by atoms with E-state index in [4.69, 9.17) is 22.4 Å². The van der Waals surface area contributed by atoms with Crippen molar-refractivity contribution in [3.05, 3.63) is 35.4 Å². The fourth-order valence-corrected chi connectivity index (χ4v) is 1.57. The van der Waals surface area contributed by atoms with Crippen LogP contribution in [-0.4, -0.2) is 19.9 Å². The van der Waals surface area contributed by atoms with Crippen LogP contribution in [0.2, 0.25) is 0 Å². The Labute approximate surface area is 110 Å². The molecule has 7 heteroatoms. The number of nitrogens with two attached hydrogens (primary N) is 1. The van der Waals surface area contributed by atoms with Crippen LogP contribution < -0.4 is 11.1 Å². The minimum Gasteiger partial charge on any atom is -0.444 e. The predicted octanol–water partition coefficient (Wildman–Crippen LogP) is 1.33. The third kappa shape index (κ3) is 2.62. The van der Waals surface area contributed by atoms with Gasteiger partial charge in [-0.2, -0.15) is 0 Å². The van der Waals surface area contributed by atoms with Gasteiger partial charge in [-0.25, -0.2) is 15.0 Å². The van der Waals surface area contributed by atoms with Crippen LogP contribution in [0.4, 0.5) is 5.82 Å². The zero-order chi connectivity index (χ0) is 13.1. The number of hydrogen-bond donors (Lipinski definition) is 2. The first kappa shape index (κ1) is 12.4. The number of oxazole rings is 1. The number of nitrogens with one attached hydrogen (secondary N) is 1. The molecule has 6 nitrogen and oxygen atoms in total. The van der Waals surface area contributed by atoms with Crippen LogP contribution in [0.25, 0.3) is 0 Å². The molecule has 0 atom stereocenters. The number of anilines is 1. The van der Waals surface area contributed by atoms with Crippen molar-refractivity contribution in [3.8, 4) is 0 Å². The molecule has 0 aromatic carbocycles. The van der Waals surface area contributed by atoms with E-state index in [0.29, 0.717) is 23.9 Å². The minimum absolute atomic E-state index is 0.199. The summed E-state index contributed by atoms with van der Waals surface area (Å²) < 4.78 is 5.45. The second kappa shape index (κ2) is 5.09. The summed E-state index contributed by atoms with van der Waals surface area (Å²) in [5.74, 6) is 1.92. The van der Waals surface area contributed by atoms with E-state index in [2.05, 4.69) is 20.3 Å². The molecule has 0 amide bonds. The van der Waals surface area contributed by atoms with Gasteiger partial charge in [0.05, 0.1) is 12.2 Å². The fourth-order valence-electron chi connectivity index (χ4n) is 1.42. The van der Waals surface area contributed by atoms with Crippen LogP contribution in [0.15, 0.2) is 16.8 Å². The lowest BCUT2D eigenvalue weighted by molar-refractivity contribution is 0.478. The van der Waals surface area contributed by atoms with E-state index in [1.807, 2.05) is 13.8 Å². The van der Waals surface area contributed by atoms with Gasteiger partial charge in [0, 0.05) is 12.4 Å². The molecule has 0 saturated carbocycles. The highest BCUT2D eigenvalue weighted by atomic mass is 32.1. The van der Waals surface area contributed by atoms with Gasteiger partial charge < -0.3 is 15.5 Å². The Bertz CT molecular complexity index is 561. The summed E-state index contributed by atoms with van der Waals surface area (Å²) in [7, 11) is 0. The lowest BCUT2D eigenvalue weighted by Crippen LogP contribution is -2.16. The molecule has 0 bridgehead atoms. The first-order valence-electron chi connectivity index (χ1n) is 5.35. The molecule has 2 rings (SSSR count). The van der Waals surface area contributed by atoms with Crippen molar-refractivity contribution >= 4 is 23.0 Å². The summed E-state index contributed by atoms with van der Waals surface area (Å²) in [6, 6.07) is 0. The summed E-state index contributed by atoms with van der Waals surface area (Å²) >= 11 is 4.90. The molecule has 0 aliphatic carbocycles. The minimum atomic E-state index is 0.199. The fraction of sp³-hybridized carbons (Fsp3) is 0.273. The molecule has 2 aromatic rings. The SMILES string of the molecule is Cc1nc(CNc2nccnc2C(N)=S)oc1C. The smallest absolute Gasteiger partial charge is 0.213 e. The standard InChI is InChI=1S/C11H13N5OS/c1-6-7(2)17-8(16-6)5-15-11-9(10(12)18)13-3-4-14-11/h3-4H,5H2,1-2H3,(H2,12,18)(H,14,15). The van der Waals surface area contributed by atoms with Crippen molar-refractivity contribution in [3.63, 3.8) is 0 Å². The zero-order valence-electron chi connectivity index (χ0n) is 10.1. The third-order valence-electron chi connectivity index (χ3n) is 2.41. The summed E-state index contributed by atoms with van der Waals surface area (Å²) in [5, 5.41) is 3.05. The monoisotopic (exact) mass is 263 g/mol. The van der Waals surface area contributed by atoms with Gasteiger partial charge in [-0.1, -0.05) is 12.2 Å². The lowest BCUT2D eigenvalue weighted by Gasteiger charge is -2.06. The van der Waals surface area contributed by atoms with Crippen LogP contribution in [0, 0.1) is 13.8 Å². The molecule has 0 radical (unpaired) electrons. The number of aryl methyl sites for hydroxylation is 2. The Balaban J connectivity index is 2.13. The quantitative estimate of drug-likeness (QED) is 0.804. The zero-order valence-corrected chi connectivity index (χ0v) is 10.9. The number of aromatic nitrogens is 3. The van der Waals surface area contributed by atoms with Gasteiger partial charge in [0.15, 0.2) is 5.82 Å². The Morgan fingerprint density at radius 1 is 1.39 bits per heavy atom. The van der Waals surface area contributed by atoms with Crippen molar-refractivity contribution in [2.45, 2.75) is 20.4 Å². The maximum absolute atomic E-state index is 5.56. The van der Waals surface area contributed by atoms with Gasteiger partial charge in [-0.15, -0.1) is 0 Å². The van der Waals surface area contributed by atoms with Crippen molar-refractivity contribution in [1.82, 2.24) is 15.0 Å². The first-order valence-corrected chi connectivity index (χ1v) is 5.76. The first-order chi connectivity index (χ1) is 8.58. The molecule has 0 aliphatic rings. The molecule has 0 saturated heterocycles. The molecule has 94 valence electrons. The number of rotatable bonds is 4. The van der Waals surface area contributed by atoms with Gasteiger partial charge in [0.2, 0.25) is 5.89 Å². The van der Waals surface area contributed by atoms with E-state index in [1.54, 1.807) is 12.4 Å². The average Bonchev–Trinajstić information content (AvgIpc) is 2.66. The molecular weight excluding hydrogens is 250 g/mol. The second-order valence-electron chi connectivity index (χ2n) is 3.72. The summed E-state index contributed by atoms with van der Waals surface area (Å²) in [6.45, 7) is 4.17. The van der Waals surface area contributed by atoms with E-state index in [0.717, 1.165) is 11.5 Å². The van der Waals surface area contributed by atoms with E-state index < -0.39 is 0 Å². The van der Waals surface area contributed by atoms with Crippen molar-refractivity contribution in [2.75, 3.05) is 5.32 Å². The van der Waals surface area contributed by atoms with Gasteiger partial charge >= 0.3 is 0 Å². The molecule has 0 aliphatic heterocycles. The predicted molar refractivity (Wildman–Crippen MR) is 71.2 cm³/mol. The van der Waals surface area contributed by atoms with E-state index in [9.17, 15) is 0 Å².